The summed E-state index contributed by atoms with van der Waals surface area (Å²) in [5, 5.41) is 11.3. The normalized spacial score (nSPS) is 18.2. The summed E-state index contributed by atoms with van der Waals surface area (Å²) in [5.41, 5.74) is 2.01. The van der Waals surface area contributed by atoms with Crippen molar-refractivity contribution >= 4 is 16.2 Å². The monoisotopic (exact) mass is 402 g/mol. The van der Waals surface area contributed by atoms with Crippen molar-refractivity contribution in [1.29, 1.82) is 0 Å². The highest BCUT2D eigenvalue weighted by Crippen LogP contribution is 2.30. The van der Waals surface area contributed by atoms with Crippen LogP contribution in [0, 0.1) is 0 Å². The van der Waals surface area contributed by atoms with Gasteiger partial charge in [-0.3, -0.25) is 4.68 Å². The first-order chi connectivity index (χ1) is 11.8. The van der Waals surface area contributed by atoms with Crippen LogP contribution in [0.25, 0.3) is 0 Å². The molecule has 1 aromatic heterocycles. The molecule has 1 aromatic rings. The third-order valence-electron chi connectivity index (χ3n) is 3.62. The van der Waals surface area contributed by atoms with Gasteiger partial charge in [-0.2, -0.15) is 35.3 Å². The van der Waals surface area contributed by atoms with Gasteiger partial charge in [0.15, 0.2) is 0 Å². The summed E-state index contributed by atoms with van der Waals surface area (Å²) in [6.45, 7) is 1.26. The van der Waals surface area contributed by atoms with Crippen molar-refractivity contribution in [2.24, 2.45) is 7.05 Å². The molecule has 0 aromatic carbocycles. The number of carbonyl (C=O) groups is 1. The Hall–Kier alpha value is -1.70. The minimum Gasteiger partial charge on any atom is -0.475 e. The third kappa shape index (κ3) is 5.16. The van der Waals surface area contributed by atoms with Crippen molar-refractivity contribution in [2.75, 3.05) is 34.4 Å². The number of aliphatic carboxylic acids is 1. The molecule has 1 unspecified atom stereocenters. The Morgan fingerprint density at radius 3 is 2.42 bits per heavy atom. The van der Waals surface area contributed by atoms with Gasteiger partial charge in [0, 0.05) is 58.5 Å². The Bertz CT molecular complexity index is 733. The van der Waals surface area contributed by atoms with E-state index >= 15 is 0 Å². The highest BCUT2D eigenvalue weighted by atomic mass is 32.2. The van der Waals surface area contributed by atoms with Crippen LogP contribution in [0.15, 0.2) is 6.20 Å². The summed E-state index contributed by atoms with van der Waals surface area (Å²) in [5.74, 6) is -2.75. The van der Waals surface area contributed by atoms with Gasteiger partial charge in [0.1, 0.15) is 0 Å². The molecular formula is C13H21F3N4O5S. The van der Waals surface area contributed by atoms with Gasteiger partial charge in [-0.25, -0.2) is 4.79 Å². The fourth-order valence-corrected chi connectivity index (χ4v) is 3.60. The van der Waals surface area contributed by atoms with Gasteiger partial charge in [0.05, 0.1) is 12.8 Å². The molecule has 2 heterocycles. The van der Waals surface area contributed by atoms with E-state index in [2.05, 4.69) is 5.10 Å². The second-order valence-corrected chi connectivity index (χ2v) is 7.86. The molecule has 2 rings (SSSR count). The van der Waals surface area contributed by atoms with Crippen LogP contribution in [-0.2, 0) is 33.3 Å². The second-order valence-electron chi connectivity index (χ2n) is 5.72. The standard InChI is InChI=1S/C11H20N4O3S.C2HF3O2/c1-13(2)19(16,17)15-6-9-5-12-14(3)11(9)10(7-15)8-18-4;3-2(4,5)1(6)7/h5,10H,6-8H2,1-4H3;(H,6,7). The lowest BCUT2D eigenvalue weighted by Crippen LogP contribution is -2.45. The molecule has 1 atom stereocenters. The number of carboxylic acid groups (broad SMARTS) is 1. The Kier molecular flexibility index (Phi) is 7.16. The Morgan fingerprint density at radius 1 is 1.46 bits per heavy atom. The first-order valence-corrected chi connectivity index (χ1v) is 8.69. The second kappa shape index (κ2) is 8.33. The zero-order valence-electron chi connectivity index (χ0n) is 14.7. The van der Waals surface area contributed by atoms with E-state index in [1.54, 1.807) is 32.1 Å². The molecule has 1 N–H and O–H groups in total. The molecule has 26 heavy (non-hydrogen) atoms. The van der Waals surface area contributed by atoms with Gasteiger partial charge in [-0.15, -0.1) is 0 Å². The van der Waals surface area contributed by atoms with Gasteiger partial charge in [-0.05, 0) is 0 Å². The lowest BCUT2D eigenvalue weighted by molar-refractivity contribution is -0.192. The molecule has 0 saturated carbocycles. The summed E-state index contributed by atoms with van der Waals surface area (Å²) < 4.78 is 65.9. The number of fused-ring (bicyclic) bond motifs is 1. The number of methoxy groups -OCH3 is 1. The molecule has 0 spiro atoms. The number of halogens is 3. The van der Waals surface area contributed by atoms with Crippen LogP contribution in [0.4, 0.5) is 13.2 Å². The maximum absolute atomic E-state index is 12.2. The quantitative estimate of drug-likeness (QED) is 0.782. The topological polar surface area (TPSA) is 105 Å². The number of carboxylic acids is 1. The van der Waals surface area contributed by atoms with Gasteiger partial charge in [0.2, 0.25) is 0 Å². The van der Waals surface area contributed by atoms with Gasteiger partial charge >= 0.3 is 12.1 Å². The highest BCUT2D eigenvalue weighted by Gasteiger charge is 2.38. The van der Waals surface area contributed by atoms with Crippen molar-refractivity contribution in [3.63, 3.8) is 0 Å². The summed E-state index contributed by atoms with van der Waals surface area (Å²) in [4.78, 5) is 8.90. The number of alkyl halides is 3. The van der Waals surface area contributed by atoms with E-state index in [9.17, 15) is 21.6 Å². The van der Waals surface area contributed by atoms with Crippen molar-refractivity contribution in [2.45, 2.75) is 18.6 Å². The van der Waals surface area contributed by atoms with Crippen LogP contribution in [0.5, 0.6) is 0 Å². The predicted molar refractivity (Wildman–Crippen MR) is 84.5 cm³/mol. The molecular weight excluding hydrogens is 381 g/mol. The molecule has 1 aliphatic heterocycles. The molecule has 0 fully saturated rings. The first-order valence-electron chi connectivity index (χ1n) is 7.29. The van der Waals surface area contributed by atoms with Crippen molar-refractivity contribution < 1.29 is 36.2 Å². The maximum Gasteiger partial charge on any atom is 0.490 e. The van der Waals surface area contributed by atoms with E-state index < -0.39 is 22.4 Å². The SMILES string of the molecule is COCC1CN(S(=O)(=O)N(C)C)Cc2cnn(C)c21.O=C(O)C(F)(F)F. The predicted octanol–water partition coefficient (Wildman–Crippen LogP) is 0.405. The molecule has 0 radical (unpaired) electrons. The van der Waals surface area contributed by atoms with Gasteiger partial charge < -0.3 is 9.84 Å². The van der Waals surface area contributed by atoms with E-state index in [1.807, 2.05) is 7.05 Å². The van der Waals surface area contributed by atoms with E-state index in [-0.39, 0.29) is 5.92 Å². The summed E-state index contributed by atoms with van der Waals surface area (Å²) in [6.07, 6.45) is -3.35. The first kappa shape index (κ1) is 22.3. The Balaban J connectivity index is 0.000000412. The number of hydrogen-bond acceptors (Lipinski definition) is 5. The molecule has 0 bridgehead atoms. The average Bonchev–Trinajstić information content (AvgIpc) is 2.88. The van der Waals surface area contributed by atoms with E-state index in [1.165, 1.54) is 8.61 Å². The number of aromatic nitrogens is 2. The minimum absolute atomic E-state index is 0.0102. The van der Waals surface area contributed by atoms with E-state index in [0.717, 1.165) is 11.3 Å². The fourth-order valence-electron chi connectivity index (χ4n) is 2.47. The minimum atomic E-state index is -5.08. The van der Waals surface area contributed by atoms with E-state index in [0.29, 0.717) is 19.7 Å². The number of aryl methyl sites for hydroxylation is 1. The summed E-state index contributed by atoms with van der Waals surface area (Å²) >= 11 is 0. The number of hydrogen-bond donors (Lipinski definition) is 1. The molecule has 1 aliphatic rings. The number of rotatable bonds is 4. The fraction of sp³-hybridized carbons (Fsp3) is 0.692. The Morgan fingerprint density at radius 2 is 2.00 bits per heavy atom. The molecule has 13 heteroatoms. The summed E-state index contributed by atoms with van der Waals surface area (Å²) in [7, 11) is 3.16. The van der Waals surface area contributed by atoms with Crippen molar-refractivity contribution in [3.8, 4) is 0 Å². The average molecular weight is 402 g/mol. The van der Waals surface area contributed by atoms with Gasteiger partial charge in [0.25, 0.3) is 10.2 Å². The van der Waals surface area contributed by atoms with Crippen LogP contribution in [0.2, 0.25) is 0 Å². The smallest absolute Gasteiger partial charge is 0.475 e. The maximum atomic E-state index is 12.2. The zero-order valence-corrected chi connectivity index (χ0v) is 15.5. The van der Waals surface area contributed by atoms with Gasteiger partial charge in [-0.1, -0.05) is 0 Å². The number of ether oxygens (including phenoxy) is 1. The zero-order chi connectivity index (χ0) is 20.3. The van der Waals surface area contributed by atoms with Crippen LogP contribution in [-0.4, -0.2) is 78.4 Å². The lowest BCUT2D eigenvalue weighted by atomic mass is 9.99. The lowest BCUT2D eigenvalue weighted by Gasteiger charge is -2.33. The van der Waals surface area contributed by atoms with Crippen molar-refractivity contribution in [1.82, 2.24) is 18.4 Å². The molecule has 0 aliphatic carbocycles. The number of nitrogens with zero attached hydrogens (tertiary/aromatic N) is 4. The Labute approximate surface area is 149 Å². The molecule has 9 nitrogen and oxygen atoms in total. The summed E-state index contributed by atoms with van der Waals surface area (Å²) in [6, 6.07) is 0. The largest absolute Gasteiger partial charge is 0.490 e. The van der Waals surface area contributed by atoms with E-state index in [4.69, 9.17) is 14.6 Å². The van der Waals surface area contributed by atoms with Crippen LogP contribution in [0.3, 0.4) is 0 Å². The van der Waals surface area contributed by atoms with Crippen LogP contribution >= 0.6 is 0 Å². The third-order valence-corrected chi connectivity index (χ3v) is 5.47. The van der Waals surface area contributed by atoms with Crippen LogP contribution < -0.4 is 0 Å². The molecule has 0 amide bonds. The highest BCUT2D eigenvalue weighted by molar-refractivity contribution is 7.86. The van der Waals surface area contributed by atoms with Crippen molar-refractivity contribution in [3.05, 3.63) is 17.5 Å². The molecule has 150 valence electrons. The van der Waals surface area contributed by atoms with Crippen LogP contribution in [0.1, 0.15) is 17.2 Å². The molecule has 0 saturated heterocycles.